The highest BCUT2D eigenvalue weighted by molar-refractivity contribution is 7.92. The quantitative estimate of drug-likeness (QED) is 0.485. The van der Waals surface area contributed by atoms with Crippen molar-refractivity contribution in [2.24, 2.45) is 0 Å². The Morgan fingerprint density at radius 3 is 2.50 bits per heavy atom. The maximum Gasteiger partial charge on any atom is 0.262 e. The summed E-state index contributed by atoms with van der Waals surface area (Å²) in [6.45, 7) is 2.00. The van der Waals surface area contributed by atoms with E-state index >= 15 is 0 Å². The lowest BCUT2D eigenvalue weighted by atomic mass is 10.2. The van der Waals surface area contributed by atoms with Crippen molar-refractivity contribution >= 4 is 38.6 Å². The van der Waals surface area contributed by atoms with Crippen molar-refractivity contribution in [1.29, 1.82) is 0 Å². The Balaban J connectivity index is 1.21. The van der Waals surface area contributed by atoms with Gasteiger partial charge in [-0.05, 0) is 48.5 Å². The molecule has 3 aromatic carbocycles. The van der Waals surface area contributed by atoms with Gasteiger partial charge in [-0.1, -0.05) is 12.1 Å². The van der Waals surface area contributed by atoms with E-state index < -0.39 is 10.0 Å². The summed E-state index contributed by atoms with van der Waals surface area (Å²) in [4.78, 5) is 19.5. The summed E-state index contributed by atoms with van der Waals surface area (Å²) in [7, 11) is -3.84. The van der Waals surface area contributed by atoms with Crippen LogP contribution in [0.2, 0.25) is 0 Å². The van der Waals surface area contributed by atoms with Crippen LogP contribution in [0.1, 0.15) is 10.4 Å². The van der Waals surface area contributed by atoms with Gasteiger partial charge in [0.05, 0.1) is 15.9 Å². The number of sulfonamides is 1. The van der Waals surface area contributed by atoms with Gasteiger partial charge in [0, 0.05) is 30.4 Å². The third kappa shape index (κ3) is 3.43. The molecule has 3 heterocycles. The zero-order valence-electron chi connectivity index (χ0n) is 18.0. The molecule has 0 bridgehead atoms. The number of anilines is 2. The van der Waals surface area contributed by atoms with Gasteiger partial charge in [-0.2, -0.15) is 0 Å². The van der Waals surface area contributed by atoms with Gasteiger partial charge in [-0.3, -0.25) is 14.4 Å². The first-order chi connectivity index (χ1) is 16.5. The van der Waals surface area contributed by atoms with Gasteiger partial charge in [0.2, 0.25) is 5.95 Å². The maximum atomic E-state index is 13.1. The Morgan fingerprint density at radius 1 is 0.912 bits per heavy atom. The number of amides is 1. The SMILES string of the molecule is O=C(c1ccc(NS(=O)(=O)c2ccc3c(c2)OCCO3)cc1)N1CCn2c1nc1ccccc12. The smallest absolute Gasteiger partial charge is 0.262 e. The lowest BCUT2D eigenvalue weighted by Crippen LogP contribution is -2.29. The summed E-state index contributed by atoms with van der Waals surface area (Å²) in [6, 6.07) is 18.6. The molecule has 34 heavy (non-hydrogen) atoms. The highest BCUT2D eigenvalue weighted by atomic mass is 32.2. The molecule has 2 aliphatic heterocycles. The fraction of sp³-hybridized carbons (Fsp3) is 0.167. The Kier molecular flexibility index (Phi) is 4.70. The minimum Gasteiger partial charge on any atom is -0.486 e. The number of carbonyl (C=O) groups excluding carboxylic acids is 1. The minimum atomic E-state index is -3.84. The summed E-state index contributed by atoms with van der Waals surface area (Å²) >= 11 is 0. The predicted molar refractivity (Wildman–Crippen MR) is 126 cm³/mol. The van der Waals surface area contributed by atoms with Gasteiger partial charge in [0.15, 0.2) is 11.5 Å². The first-order valence-corrected chi connectivity index (χ1v) is 12.3. The van der Waals surface area contributed by atoms with Crippen LogP contribution in [0.4, 0.5) is 11.6 Å². The molecule has 1 amide bonds. The number of rotatable bonds is 4. The number of hydrogen-bond donors (Lipinski definition) is 1. The number of ether oxygens (including phenoxy) is 2. The number of nitrogens with zero attached hydrogens (tertiary/aromatic N) is 3. The Labute approximate surface area is 195 Å². The Hall–Kier alpha value is -4.05. The fourth-order valence-corrected chi connectivity index (χ4v) is 5.30. The van der Waals surface area contributed by atoms with Gasteiger partial charge in [0.25, 0.3) is 15.9 Å². The first kappa shape index (κ1) is 20.5. The Bertz CT molecular complexity index is 1530. The molecule has 1 aromatic heterocycles. The number of fused-ring (bicyclic) bond motifs is 4. The Morgan fingerprint density at radius 2 is 1.68 bits per heavy atom. The average molecular weight is 477 g/mol. The minimum absolute atomic E-state index is 0.0628. The molecule has 0 unspecified atom stereocenters. The van der Waals surface area contributed by atoms with E-state index in [1.54, 1.807) is 35.2 Å². The van der Waals surface area contributed by atoms with Crippen molar-refractivity contribution in [2.75, 3.05) is 29.4 Å². The molecule has 0 saturated heterocycles. The predicted octanol–water partition coefficient (Wildman–Crippen LogP) is 3.27. The molecule has 0 aliphatic carbocycles. The van der Waals surface area contributed by atoms with Crippen LogP contribution >= 0.6 is 0 Å². The van der Waals surface area contributed by atoms with E-state index in [-0.39, 0.29) is 10.8 Å². The number of hydrogen-bond acceptors (Lipinski definition) is 6. The summed E-state index contributed by atoms with van der Waals surface area (Å²) in [5.41, 5.74) is 2.64. The van der Waals surface area contributed by atoms with Crippen LogP contribution in [0.15, 0.2) is 71.6 Å². The molecule has 1 N–H and O–H groups in total. The summed E-state index contributed by atoms with van der Waals surface area (Å²) in [5.74, 6) is 1.35. The number of benzene rings is 3. The number of carbonyl (C=O) groups is 1. The molecule has 172 valence electrons. The van der Waals surface area contributed by atoms with Gasteiger partial charge < -0.3 is 14.0 Å². The molecule has 0 radical (unpaired) electrons. The molecular weight excluding hydrogens is 456 g/mol. The average Bonchev–Trinajstić information content (AvgIpc) is 3.43. The number of para-hydroxylation sites is 2. The standard InChI is InChI=1S/C24H20N4O5S/c29-23(28-12-11-27-20-4-2-1-3-19(20)25-24(27)28)16-5-7-17(8-6-16)26-34(30,31)18-9-10-21-22(15-18)33-14-13-32-21/h1-10,15,26H,11-14H2. The van der Waals surface area contributed by atoms with Crippen LogP contribution in [0.3, 0.4) is 0 Å². The number of nitrogens with one attached hydrogen (secondary N) is 1. The fourth-order valence-electron chi connectivity index (χ4n) is 4.22. The molecule has 0 spiro atoms. The van der Waals surface area contributed by atoms with Gasteiger partial charge in [-0.25, -0.2) is 13.4 Å². The van der Waals surface area contributed by atoms with Gasteiger partial charge in [-0.15, -0.1) is 0 Å². The van der Waals surface area contributed by atoms with Crippen molar-refractivity contribution in [3.8, 4) is 11.5 Å². The van der Waals surface area contributed by atoms with Crippen molar-refractivity contribution in [3.63, 3.8) is 0 Å². The third-order valence-corrected chi connectivity index (χ3v) is 7.26. The molecule has 0 atom stereocenters. The zero-order valence-corrected chi connectivity index (χ0v) is 18.8. The maximum absolute atomic E-state index is 13.1. The first-order valence-electron chi connectivity index (χ1n) is 10.8. The van der Waals surface area contributed by atoms with Crippen molar-refractivity contribution < 1.29 is 22.7 Å². The van der Waals surface area contributed by atoms with Crippen molar-refractivity contribution in [1.82, 2.24) is 9.55 Å². The van der Waals surface area contributed by atoms with Crippen molar-refractivity contribution in [3.05, 3.63) is 72.3 Å². The van der Waals surface area contributed by atoms with Crippen LogP contribution < -0.4 is 19.1 Å². The van der Waals surface area contributed by atoms with Gasteiger partial charge in [0.1, 0.15) is 13.2 Å². The van der Waals surface area contributed by atoms with Gasteiger partial charge >= 0.3 is 0 Å². The number of aromatic nitrogens is 2. The molecular formula is C24H20N4O5S. The second kappa shape index (κ2) is 7.77. The van der Waals surface area contributed by atoms with E-state index in [1.165, 1.54) is 12.1 Å². The second-order valence-corrected chi connectivity index (χ2v) is 9.68. The summed E-state index contributed by atoms with van der Waals surface area (Å²) in [5, 5.41) is 0. The van der Waals surface area contributed by atoms with E-state index in [2.05, 4.69) is 9.71 Å². The van der Waals surface area contributed by atoms with Crippen molar-refractivity contribution in [2.45, 2.75) is 11.4 Å². The lowest BCUT2D eigenvalue weighted by Gasteiger charge is -2.19. The van der Waals surface area contributed by atoms with E-state index in [0.29, 0.717) is 55.0 Å². The van der Waals surface area contributed by atoms with Crippen LogP contribution in [0, 0.1) is 0 Å². The second-order valence-electron chi connectivity index (χ2n) is 8.00. The highest BCUT2D eigenvalue weighted by Gasteiger charge is 2.29. The van der Waals surface area contributed by atoms with E-state index in [1.807, 2.05) is 28.8 Å². The molecule has 0 fully saturated rings. The van der Waals surface area contributed by atoms with E-state index in [9.17, 15) is 13.2 Å². The third-order valence-electron chi connectivity index (χ3n) is 5.88. The van der Waals surface area contributed by atoms with Crippen LogP contribution in [-0.4, -0.2) is 43.6 Å². The molecule has 0 saturated carbocycles. The van der Waals surface area contributed by atoms with Crippen LogP contribution in [-0.2, 0) is 16.6 Å². The normalized spacial score (nSPS) is 14.8. The topological polar surface area (TPSA) is 103 Å². The number of imidazole rings is 1. The molecule has 10 heteroatoms. The van der Waals surface area contributed by atoms with E-state index in [0.717, 1.165) is 11.0 Å². The highest BCUT2D eigenvalue weighted by Crippen LogP contribution is 2.33. The monoisotopic (exact) mass is 476 g/mol. The molecule has 9 nitrogen and oxygen atoms in total. The summed E-state index contributed by atoms with van der Waals surface area (Å²) < 4.78 is 41.2. The zero-order chi connectivity index (χ0) is 23.3. The molecule has 6 rings (SSSR count). The molecule has 4 aromatic rings. The largest absolute Gasteiger partial charge is 0.486 e. The molecule has 2 aliphatic rings. The van der Waals surface area contributed by atoms with Crippen LogP contribution in [0.5, 0.6) is 11.5 Å². The summed E-state index contributed by atoms with van der Waals surface area (Å²) in [6.07, 6.45) is 0. The lowest BCUT2D eigenvalue weighted by molar-refractivity contribution is 0.0988. The van der Waals surface area contributed by atoms with Crippen LogP contribution in [0.25, 0.3) is 11.0 Å². The van der Waals surface area contributed by atoms with E-state index in [4.69, 9.17) is 9.47 Å².